The predicted octanol–water partition coefficient (Wildman–Crippen LogP) is 4.76. The molecule has 0 saturated carbocycles. The molecule has 1 aliphatic rings. The van der Waals surface area contributed by atoms with Crippen LogP contribution in [0.25, 0.3) is 0 Å². The van der Waals surface area contributed by atoms with Gasteiger partial charge in [-0.25, -0.2) is 9.37 Å². The minimum Gasteiger partial charge on any atom is -0.352 e. The van der Waals surface area contributed by atoms with Crippen molar-refractivity contribution in [3.8, 4) is 0 Å². The first kappa shape index (κ1) is 19.4. The van der Waals surface area contributed by atoms with Gasteiger partial charge in [-0.05, 0) is 43.0 Å². The average Bonchev–Trinajstić information content (AvgIpc) is 3.16. The van der Waals surface area contributed by atoms with Crippen LogP contribution in [-0.4, -0.2) is 15.5 Å². The second-order valence-electron chi connectivity index (χ2n) is 7.78. The van der Waals surface area contributed by atoms with E-state index in [1.165, 1.54) is 12.1 Å². The highest BCUT2D eigenvalue weighted by Crippen LogP contribution is 2.34. The van der Waals surface area contributed by atoms with Crippen LogP contribution in [0.5, 0.6) is 0 Å². The zero-order chi connectivity index (χ0) is 20.2. The van der Waals surface area contributed by atoms with Crippen LogP contribution in [0.15, 0.2) is 60.8 Å². The van der Waals surface area contributed by atoms with Crippen LogP contribution in [0.3, 0.4) is 0 Å². The summed E-state index contributed by atoms with van der Waals surface area (Å²) in [5, 5.41) is 3.00. The predicted molar refractivity (Wildman–Crippen MR) is 111 cm³/mol. The Morgan fingerprint density at radius 3 is 2.86 bits per heavy atom. The topological polar surface area (TPSA) is 46.9 Å². The number of amides is 1. The fraction of sp³-hybridized carbons (Fsp3) is 0.333. The molecule has 4 nitrogen and oxygen atoms in total. The van der Waals surface area contributed by atoms with E-state index >= 15 is 0 Å². The molecule has 150 valence electrons. The van der Waals surface area contributed by atoms with E-state index in [0.717, 1.165) is 41.9 Å². The molecule has 0 saturated heterocycles. The molecular weight excluding hydrogens is 365 g/mol. The number of halogens is 1. The molecule has 0 spiro atoms. The van der Waals surface area contributed by atoms with E-state index in [2.05, 4.69) is 21.8 Å². The average molecular weight is 391 g/mol. The van der Waals surface area contributed by atoms with Crippen molar-refractivity contribution < 1.29 is 9.18 Å². The number of carbonyl (C=O) groups excluding carboxylic acids is 1. The number of hydrogen-bond acceptors (Lipinski definition) is 2. The minimum absolute atomic E-state index is 0.0536. The molecule has 1 N–H and O–H groups in total. The van der Waals surface area contributed by atoms with Crippen LogP contribution in [0.1, 0.15) is 60.8 Å². The maximum absolute atomic E-state index is 14.0. The highest BCUT2D eigenvalue weighted by molar-refractivity contribution is 5.77. The number of aromatic nitrogens is 2. The van der Waals surface area contributed by atoms with Crippen molar-refractivity contribution in [2.24, 2.45) is 0 Å². The Labute approximate surface area is 170 Å². The summed E-state index contributed by atoms with van der Waals surface area (Å²) in [4.78, 5) is 17.4. The number of nitrogens with one attached hydrogen (secondary N) is 1. The van der Waals surface area contributed by atoms with E-state index in [9.17, 15) is 9.18 Å². The van der Waals surface area contributed by atoms with Gasteiger partial charge >= 0.3 is 0 Å². The first-order valence-corrected chi connectivity index (χ1v) is 10.2. The smallest absolute Gasteiger partial charge is 0.221 e. The summed E-state index contributed by atoms with van der Waals surface area (Å²) in [5.74, 6) is 0.485. The van der Waals surface area contributed by atoms with Crippen LogP contribution < -0.4 is 5.32 Å². The van der Waals surface area contributed by atoms with Gasteiger partial charge in [-0.15, -0.1) is 0 Å². The van der Waals surface area contributed by atoms with Gasteiger partial charge in [0.1, 0.15) is 11.6 Å². The first-order valence-electron chi connectivity index (χ1n) is 10.2. The number of hydrogen-bond donors (Lipinski definition) is 1. The molecule has 1 aliphatic heterocycles. The van der Waals surface area contributed by atoms with Gasteiger partial charge in [-0.2, -0.15) is 0 Å². The van der Waals surface area contributed by atoms with E-state index in [4.69, 9.17) is 0 Å². The molecular formula is C24H26FN3O. The summed E-state index contributed by atoms with van der Waals surface area (Å²) in [7, 11) is 0. The first-order chi connectivity index (χ1) is 14.1. The quantitative estimate of drug-likeness (QED) is 0.659. The molecule has 0 radical (unpaired) electrons. The van der Waals surface area contributed by atoms with Gasteiger partial charge < -0.3 is 9.88 Å². The maximum atomic E-state index is 14.0. The van der Waals surface area contributed by atoms with Crippen molar-refractivity contribution in [1.82, 2.24) is 14.9 Å². The Morgan fingerprint density at radius 1 is 1.24 bits per heavy atom. The van der Waals surface area contributed by atoms with Gasteiger partial charge in [0.05, 0.1) is 0 Å². The number of carbonyl (C=O) groups is 1. The lowest BCUT2D eigenvalue weighted by atomic mass is 9.91. The molecule has 2 unspecified atom stereocenters. The molecule has 1 amide bonds. The summed E-state index contributed by atoms with van der Waals surface area (Å²) >= 11 is 0. The zero-order valence-corrected chi connectivity index (χ0v) is 16.6. The van der Waals surface area contributed by atoms with Gasteiger partial charge in [-0.1, -0.05) is 42.5 Å². The van der Waals surface area contributed by atoms with Gasteiger partial charge in [0.15, 0.2) is 0 Å². The second-order valence-corrected chi connectivity index (χ2v) is 7.78. The van der Waals surface area contributed by atoms with E-state index in [0.29, 0.717) is 12.6 Å². The molecule has 0 fully saturated rings. The number of fused-ring (bicyclic) bond motifs is 1. The molecule has 5 heteroatoms. The third-order valence-corrected chi connectivity index (χ3v) is 5.70. The third kappa shape index (κ3) is 4.39. The Bertz CT molecular complexity index is 983. The SMILES string of the molecule is CC1CCCc2ncc(C(CC(=O)NCc3ccccc3)c3cccc(F)c3)n21. The molecule has 2 heterocycles. The van der Waals surface area contributed by atoms with E-state index in [-0.39, 0.29) is 24.1 Å². The van der Waals surface area contributed by atoms with Crippen molar-refractivity contribution in [3.05, 3.63) is 89.3 Å². The Morgan fingerprint density at radius 2 is 2.07 bits per heavy atom. The van der Waals surface area contributed by atoms with Crippen LogP contribution >= 0.6 is 0 Å². The molecule has 1 aromatic heterocycles. The number of imidazole rings is 1. The lowest BCUT2D eigenvalue weighted by Crippen LogP contribution is -2.26. The molecule has 2 aromatic carbocycles. The fourth-order valence-electron chi connectivity index (χ4n) is 4.22. The Hall–Kier alpha value is -2.95. The fourth-order valence-corrected chi connectivity index (χ4v) is 4.22. The summed E-state index contributed by atoms with van der Waals surface area (Å²) in [6, 6.07) is 16.7. The Balaban J connectivity index is 1.60. The standard InChI is InChI=1S/C24H26FN3O/c1-17-7-5-12-23-26-16-22(28(17)23)21(19-10-6-11-20(25)13-19)14-24(29)27-15-18-8-3-2-4-9-18/h2-4,6,8-11,13,16-17,21H,5,7,12,14-15H2,1H3,(H,27,29). The highest BCUT2D eigenvalue weighted by Gasteiger charge is 2.27. The number of aryl methyl sites for hydroxylation is 1. The van der Waals surface area contributed by atoms with Crippen LogP contribution in [0.4, 0.5) is 4.39 Å². The van der Waals surface area contributed by atoms with Crippen molar-refractivity contribution in [1.29, 1.82) is 0 Å². The highest BCUT2D eigenvalue weighted by atomic mass is 19.1. The second kappa shape index (κ2) is 8.60. The van der Waals surface area contributed by atoms with Gasteiger partial charge in [0.25, 0.3) is 0 Å². The van der Waals surface area contributed by atoms with E-state index in [1.807, 2.05) is 42.6 Å². The van der Waals surface area contributed by atoms with E-state index < -0.39 is 0 Å². The van der Waals surface area contributed by atoms with Crippen molar-refractivity contribution in [2.75, 3.05) is 0 Å². The van der Waals surface area contributed by atoms with Crippen molar-refractivity contribution in [2.45, 2.75) is 51.1 Å². The molecule has 4 rings (SSSR count). The summed E-state index contributed by atoms with van der Waals surface area (Å²) in [6.07, 6.45) is 5.29. The normalized spacial score (nSPS) is 16.8. The molecule has 3 aromatic rings. The Kier molecular flexibility index (Phi) is 5.74. The van der Waals surface area contributed by atoms with Crippen LogP contribution in [-0.2, 0) is 17.8 Å². The molecule has 0 aliphatic carbocycles. The minimum atomic E-state index is -0.288. The maximum Gasteiger partial charge on any atom is 0.221 e. The van der Waals surface area contributed by atoms with Crippen molar-refractivity contribution >= 4 is 5.91 Å². The molecule has 2 atom stereocenters. The lowest BCUT2D eigenvalue weighted by Gasteiger charge is -2.27. The van der Waals surface area contributed by atoms with Gasteiger partial charge in [-0.3, -0.25) is 4.79 Å². The zero-order valence-electron chi connectivity index (χ0n) is 16.6. The van der Waals surface area contributed by atoms with Crippen molar-refractivity contribution in [3.63, 3.8) is 0 Å². The summed E-state index contributed by atoms with van der Waals surface area (Å²) < 4.78 is 16.2. The monoisotopic (exact) mass is 391 g/mol. The van der Waals surface area contributed by atoms with Crippen LogP contribution in [0.2, 0.25) is 0 Å². The van der Waals surface area contributed by atoms with Gasteiger partial charge in [0.2, 0.25) is 5.91 Å². The number of benzene rings is 2. The van der Waals surface area contributed by atoms with E-state index in [1.54, 1.807) is 6.07 Å². The van der Waals surface area contributed by atoms with Gasteiger partial charge in [0, 0.05) is 43.2 Å². The number of nitrogens with zero attached hydrogens (tertiary/aromatic N) is 2. The largest absolute Gasteiger partial charge is 0.352 e. The molecule has 29 heavy (non-hydrogen) atoms. The molecule has 0 bridgehead atoms. The van der Waals surface area contributed by atoms with Crippen LogP contribution in [0, 0.1) is 5.82 Å². The summed E-state index contributed by atoms with van der Waals surface area (Å²) in [6.45, 7) is 2.67. The summed E-state index contributed by atoms with van der Waals surface area (Å²) in [5.41, 5.74) is 2.85. The number of rotatable bonds is 6. The third-order valence-electron chi connectivity index (χ3n) is 5.70. The lowest BCUT2D eigenvalue weighted by molar-refractivity contribution is -0.121.